The Labute approximate surface area is 104 Å². The quantitative estimate of drug-likeness (QED) is 0.561. The molecule has 0 saturated carbocycles. The van der Waals surface area contributed by atoms with E-state index in [1.165, 1.54) is 0 Å². The number of aromatic nitrogens is 1. The highest BCUT2D eigenvalue weighted by Crippen LogP contribution is 2.27. The molecule has 2 heterocycles. The lowest BCUT2D eigenvalue weighted by Crippen LogP contribution is -2.47. The van der Waals surface area contributed by atoms with Gasteiger partial charge < -0.3 is 15.3 Å². The van der Waals surface area contributed by atoms with Gasteiger partial charge in [-0.3, -0.25) is 4.98 Å². The van der Waals surface area contributed by atoms with Crippen molar-refractivity contribution in [1.82, 2.24) is 15.2 Å². The fourth-order valence-corrected chi connectivity index (χ4v) is 2.08. The van der Waals surface area contributed by atoms with Gasteiger partial charge in [0.2, 0.25) is 0 Å². The van der Waals surface area contributed by atoms with Crippen molar-refractivity contribution in [2.75, 3.05) is 13.1 Å². The first-order valence-corrected chi connectivity index (χ1v) is 5.53. The molecule has 1 unspecified atom stereocenters. The van der Waals surface area contributed by atoms with Crippen LogP contribution in [0.3, 0.4) is 0 Å². The molecule has 2 N–H and O–H groups in total. The van der Waals surface area contributed by atoms with Gasteiger partial charge in [-0.1, -0.05) is 0 Å². The third-order valence-corrected chi connectivity index (χ3v) is 2.87. The minimum Gasteiger partial charge on any atom is -0.486 e. The smallest absolute Gasteiger partial charge is 0.257 e. The minimum absolute atomic E-state index is 0.221. The summed E-state index contributed by atoms with van der Waals surface area (Å²) in [5, 5.41) is 12.2. The number of carbonyl (C=O) groups excluding carboxylic acids is 1. The van der Waals surface area contributed by atoms with Crippen LogP contribution in [-0.4, -0.2) is 39.2 Å². The van der Waals surface area contributed by atoms with Crippen LogP contribution in [0, 0.1) is 0 Å². The summed E-state index contributed by atoms with van der Waals surface area (Å²) in [4.78, 5) is 16.4. The van der Waals surface area contributed by atoms with E-state index in [1.54, 1.807) is 29.4 Å². The van der Waals surface area contributed by atoms with Crippen LogP contribution in [0.5, 0.6) is 0 Å². The molecule has 1 aromatic rings. The molecule has 0 amide bonds. The summed E-state index contributed by atoms with van der Waals surface area (Å²) < 4.78 is 0. The molecular weight excluding hydrogens is 238 g/mol. The molecule has 1 saturated heterocycles. The molecule has 0 spiro atoms. The van der Waals surface area contributed by atoms with Crippen LogP contribution in [0.1, 0.15) is 11.6 Å². The van der Waals surface area contributed by atoms with Gasteiger partial charge in [0.05, 0.1) is 0 Å². The van der Waals surface area contributed by atoms with E-state index in [-0.39, 0.29) is 5.17 Å². The zero-order valence-electron chi connectivity index (χ0n) is 8.96. The maximum absolute atomic E-state index is 10.9. The molecule has 0 aromatic carbocycles. The second-order valence-corrected chi connectivity index (χ2v) is 3.97. The number of nitrogens with zero attached hydrogens (tertiary/aromatic N) is 2. The number of rotatable bonds is 1. The van der Waals surface area contributed by atoms with Gasteiger partial charge in [0.25, 0.3) is 5.17 Å². The average Bonchev–Trinajstić information content (AvgIpc) is 2.38. The second-order valence-electron chi connectivity index (χ2n) is 3.60. The van der Waals surface area contributed by atoms with Gasteiger partial charge in [-0.15, -0.1) is 0 Å². The van der Waals surface area contributed by atoms with Crippen LogP contribution in [0.15, 0.2) is 30.2 Å². The number of aliphatic hydroxyl groups excluding tert-OH is 1. The van der Waals surface area contributed by atoms with Crippen LogP contribution in [0.4, 0.5) is 0 Å². The third-order valence-electron chi connectivity index (χ3n) is 2.63. The number of pyridine rings is 1. The fraction of sp³-hybridized carbons (Fsp3) is 0.273. The Bertz CT molecular complexity index is 471. The lowest BCUT2D eigenvalue weighted by Gasteiger charge is -2.36. The van der Waals surface area contributed by atoms with Crippen molar-refractivity contribution < 1.29 is 9.90 Å². The zero-order valence-corrected chi connectivity index (χ0v) is 9.78. The summed E-state index contributed by atoms with van der Waals surface area (Å²) in [5.74, 6) is 1.86. The largest absolute Gasteiger partial charge is 0.486 e. The molecule has 17 heavy (non-hydrogen) atoms. The first-order chi connectivity index (χ1) is 8.24. The van der Waals surface area contributed by atoms with Crippen LogP contribution in [-0.2, 0) is 4.79 Å². The van der Waals surface area contributed by atoms with Crippen LogP contribution < -0.4 is 5.32 Å². The summed E-state index contributed by atoms with van der Waals surface area (Å²) in [5.41, 5.74) is 1.21. The van der Waals surface area contributed by atoms with E-state index in [0.717, 1.165) is 5.56 Å². The average molecular weight is 249 g/mol. The van der Waals surface area contributed by atoms with E-state index < -0.39 is 6.04 Å². The standard InChI is InChI=1S/C11H11N3O2S/c15-7-9-10(8-1-3-12-4-2-8)14(11(16)17)6-5-13-9/h1-4,10,13H,5-6H2,(H,16,17). The highest BCUT2D eigenvalue weighted by molar-refractivity contribution is 7.79. The SMILES string of the molecule is O=C=C1NCCN(C(O)=S)C1c1ccncc1. The van der Waals surface area contributed by atoms with Gasteiger partial charge >= 0.3 is 0 Å². The molecule has 0 radical (unpaired) electrons. The Morgan fingerprint density at radius 2 is 2.29 bits per heavy atom. The number of hydrogen-bond donors (Lipinski definition) is 2. The number of aliphatic hydroxyl groups is 1. The molecule has 0 aliphatic carbocycles. The molecule has 5 nitrogen and oxygen atoms in total. The van der Waals surface area contributed by atoms with Crippen LogP contribution in [0.2, 0.25) is 0 Å². The van der Waals surface area contributed by atoms with Crippen molar-refractivity contribution in [1.29, 1.82) is 0 Å². The molecular formula is C11H11N3O2S. The van der Waals surface area contributed by atoms with E-state index in [4.69, 9.17) is 12.2 Å². The summed E-state index contributed by atoms with van der Waals surface area (Å²) in [6.45, 7) is 1.08. The zero-order chi connectivity index (χ0) is 12.3. The van der Waals surface area contributed by atoms with Crippen molar-refractivity contribution in [2.45, 2.75) is 6.04 Å². The molecule has 1 aliphatic heterocycles. The van der Waals surface area contributed by atoms with E-state index in [1.807, 2.05) is 5.94 Å². The van der Waals surface area contributed by atoms with Crippen molar-refractivity contribution >= 4 is 23.3 Å². The first kappa shape index (κ1) is 11.6. The Morgan fingerprint density at radius 1 is 1.59 bits per heavy atom. The maximum Gasteiger partial charge on any atom is 0.257 e. The van der Waals surface area contributed by atoms with Gasteiger partial charge in [-0.25, -0.2) is 4.79 Å². The van der Waals surface area contributed by atoms with E-state index in [2.05, 4.69) is 10.3 Å². The van der Waals surface area contributed by atoms with E-state index in [9.17, 15) is 9.90 Å². The molecule has 1 aliphatic rings. The third kappa shape index (κ3) is 2.27. The fourth-order valence-electron chi connectivity index (χ4n) is 1.88. The topological polar surface area (TPSA) is 65.5 Å². The number of thiocarbonyl (C=S) groups is 1. The molecule has 2 rings (SSSR count). The first-order valence-electron chi connectivity index (χ1n) is 5.12. The monoisotopic (exact) mass is 249 g/mol. The van der Waals surface area contributed by atoms with E-state index >= 15 is 0 Å². The van der Waals surface area contributed by atoms with Gasteiger partial charge in [0, 0.05) is 25.5 Å². The van der Waals surface area contributed by atoms with Crippen molar-refractivity contribution in [2.24, 2.45) is 0 Å². The molecule has 1 aromatic heterocycles. The second kappa shape index (κ2) is 4.95. The summed E-state index contributed by atoms with van der Waals surface area (Å²) in [7, 11) is 0. The van der Waals surface area contributed by atoms with Crippen molar-refractivity contribution in [3.8, 4) is 0 Å². The van der Waals surface area contributed by atoms with Gasteiger partial charge in [0.1, 0.15) is 17.7 Å². The normalized spacial score (nSPS) is 19.4. The Hall–Kier alpha value is -1.91. The summed E-state index contributed by atoms with van der Waals surface area (Å²) in [6, 6.07) is 3.14. The molecule has 1 fully saturated rings. The van der Waals surface area contributed by atoms with E-state index in [0.29, 0.717) is 18.8 Å². The summed E-state index contributed by atoms with van der Waals surface area (Å²) in [6.07, 6.45) is 3.26. The predicted molar refractivity (Wildman–Crippen MR) is 66.1 cm³/mol. The van der Waals surface area contributed by atoms with Gasteiger partial charge in [0.15, 0.2) is 0 Å². The molecule has 88 valence electrons. The maximum atomic E-state index is 10.9. The highest BCUT2D eigenvalue weighted by atomic mass is 32.1. The number of piperazine rings is 1. The molecule has 6 heteroatoms. The molecule has 1 atom stereocenters. The van der Waals surface area contributed by atoms with Gasteiger partial charge in [-0.05, 0) is 29.9 Å². The van der Waals surface area contributed by atoms with Crippen LogP contribution in [0.25, 0.3) is 0 Å². The predicted octanol–water partition coefficient (Wildman–Crippen LogP) is 0.586. The van der Waals surface area contributed by atoms with Gasteiger partial charge in [-0.2, -0.15) is 0 Å². The number of hydrogen-bond acceptors (Lipinski definition) is 4. The van der Waals surface area contributed by atoms with Crippen molar-refractivity contribution in [3.63, 3.8) is 0 Å². The minimum atomic E-state index is -0.415. The Kier molecular flexibility index (Phi) is 3.37. The lowest BCUT2D eigenvalue weighted by atomic mass is 10.0. The Balaban J connectivity index is 2.42. The lowest BCUT2D eigenvalue weighted by molar-refractivity contribution is 0.263. The number of nitrogens with one attached hydrogen (secondary N) is 1. The van der Waals surface area contributed by atoms with Crippen LogP contribution >= 0.6 is 12.2 Å². The molecule has 0 bridgehead atoms. The highest BCUT2D eigenvalue weighted by Gasteiger charge is 2.30. The Morgan fingerprint density at radius 3 is 2.88 bits per heavy atom. The summed E-state index contributed by atoms with van der Waals surface area (Å²) >= 11 is 4.79. The van der Waals surface area contributed by atoms with Crippen molar-refractivity contribution in [3.05, 3.63) is 35.8 Å².